The largest absolute Gasteiger partial charge is 0.347 e. The molecule has 0 saturated carbocycles. The van der Waals surface area contributed by atoms with E-state index in [1.165, 1.54) is 10.8 Å². The van der Waals surface area contributed by atoms with Crippen LogP contribution in [0.3, 0.4) is 0 Å². The fraction of sp³-hybridized carbons (Fsp3) is 0.700. The van der Waals surface area contributed by atoms with Crippen LogP contribution in [0, 0.1) is 11.3 Å². The number of hydrogen-bond donors (Lipinski definition) is 0. The maximum Gasteiger partial charge on any atom is 0.347 e. The number of carbonyl (C=O) groups is 2. The Labute approximate surface area is 160 Å². The van der Waals surface area contributed by atoms with E-state index >= 15 is 0 Å². The molecule has 2 aliphatic rings. The Morgan fingerprint density at radius 2 is 2.07 bits per heavy atom. The molecule has 7 heteroatoms. The van der Waals surface area contributed by atoms with Gasteiger partial charge in [-0.3, -0.25) is 14.2 Å². The molecular weight excluding hydrogens is 344 g/mol. The summed E-state index contributed by atoms with van der Waals surface area (Å²) in [7, 11) is 0. The predicted octanol–water partition coefficient (Wildman–Crippen LogP) is 1.52. The molecule has 2 aliphatic heterocycles. The van der Waals surface area contributed by atoms with E-state index in [4.69, 9.17) is 0 Å². The summed E-state index contributed by atoms with van der Waals surface area (Å²) in [5.74, 6) is 0.763. The highest BCUT2D eigenvalue weighted by molar-refractivity contribution is 5.78. The molecule has 1 aromatic heterocycles. The molecule has 27 heavy (non-hydrogen) atoms. The van der Waals surface area contributed by atoms with Crippen molar-refractivity contribution in [3.63, 3.8) is 0 Å². The third-order valence-electron chi connectivity index (χ3n) is 5.83. The molecule has 0 aromatic carbocycles. The van der Waals surface area contributed by atoms with Crippen LogP contribution in [-0.2, 0) is 16.1 Å². The van der Waals surface area contributed by atoms with Crippen molar-refractivity contribution in [2.75, 3.05) is 26.2 Å². The zero-order chi connectivity index (χ0) is 19.4. The van der Waals surface area contributed by atoms with Gasteiger partial charge < -0.3 is 9.80 Å². The smallest absolute Gasteiger partial charge is 0.342 e. The Morgan fingerprint density at radius 3 is 2.81 bits per heavy atom. The summed E-state index contributed by atoms with van der Waals surface area (Å²) in [6, 6.07) is 1.66. The normalized spacial score (nSPS) is 23.3. The minimum absolute atomic E-state index is 0.00129. The molecule has 3 rings (SSSR count). The van der Waals surface area contributed by atoms with Gasteiger partial charge in [-0.05, 0) is 37.7 Å². The van der Waals surface area contributed by atoms with E-state index in [0.29, 0.717) is 18.9 Å². The molecule has 0 aliphatic carbocycles. The molecule has 1 unspecified atom stereocenters. The van der Waals surface area contributed by atoms with E-state index in [1.54, 1.807) is 12.3 Å². The van der Waals surface area contributed by atoms with Crippen molar-refractivity contribution in [2.45, 2.75) is 52.5 Å². The zero-order valence-corrected chi connectivity index (χ0v) is 16.4. The second kappa shape index (κ2) is 8.23. The van der Waals surface area contributed by atoms with Crippen LogP contribution in [0.15, 0.2) is 23.3 Å². The molecule has 2 fully saturated rings. The van der Waals surface area contributed by atoms with Gasteiger partial charge in [0.25, 0.3) is 0 Å². The summed E-state index contributed by atoms with van der Waals surface area (Å²) in [6.45, 7) is 7.31. The fourth-order valence-corrected chi connectivity index (χ4v) is 4.23. The third-order valence-corrected chi connectivity index (χ3v) is 5.83. The van der Waals surface area contributed by atoms with Crippen LogP contribution in [-0.4, -0.2) is 57.3 Å². The molecular formula is C20H30N4O3. The van der Waals surface area contributed by atoms with Crippen LogP contribution in [0.25, 0.3) is 0 Å². The minimum Gasteiger partial charge on any atom is -0.342 e. The lowest BCUT2D eigenvalue weighted by Gasteiger charge is -2.48. The lowest BCUT2D eigenvalue weighted by Crippen LogP contribution is -2.55. The van der Waals surface area contributed by atoms with Gasteiger partial charge in [-0.15, -0.1) is 0 Å². The number of rotatable bonds is 5. The van der Waals surface area contributed by atoms with Crippen molar-refractivity contribution in [2.24, 2.45) is 11.3 Å². The number of likely N-dealkylation sites (tertiary alicyclic amines) is 2. The molecule has 7 nitrogen and oxygen atoms in total. The number of hydrogen-bond acceptors (Lipinski definition) is 4. The van der Waals surface area contributed by atoms with Crippen LogP contribution in [0.1, 0.15) is 46.0 Å². The first-order valence-electron chi connectivity index (χ1n) is 9.96. The van der Waals surface area contributed by atoms with Gasteiger partial charge in [0.15, 0.2) is 0 Å². The Bertz CT molecular complexity index is 745. The van der Waals surface area contributed by atoms with E-state index < -0.39 is 5.69 Å². The second-order valence-corrected chi connectivity index (χ2v) is 8.45. The molecule has 1 atom stereocenters. The lowest BCUT2D eigenvalue weighted by molar-refractivity contribution is -0.143. The van der Waals surface area contributed by atoms with Crippen LogP contribution < -0.4 is 5.69 Å². The SMILES string of the molecule is CC(C)CCN1CC2(CCCN(C(=O)Cn3cccnc3=O)C2)CCC1=O. The standard InChI is InChI=1S/C20H30N4O3/c1-16(2)6-12-24-15-20(8-5-17(24)25)7-3-10-23(14-20)18(26)13-22-11-4-9-21-19(22)27/h4,9,11,16H,3,5-8,10,12-15H2,1-2H3. The summed E-state index contributed by atoms with van der Waals surface area (Å²) >= 11 is 0. The first-order valence-corrected chi connectivity index (χ1v) is 9.96. The van der Waals surface area contributed by atoms with Crippen LogP contribution in [0.5, 0.6) is 0 Å². The van der Waals surface area contributed by atoms with E-state index in [9.17, 15) is 14.4 Å². The topological polar surface area (TPSA) is 75.5 Å². The Balaban J connectivity index is 1.65. The summed E-state index contributed by atoms with van der Waals surface area (Å²) < 4.78 is 1.35. The summed E-state index contributed by atoms with van der Waals surface area (Å²) in [5, 5.41) is 0. The number of amides is 2. The monoisotopic (exact) mass is 374 g/mol. The van der Waals surface area contributed by atoms with Crippen molar-refractivity contribution >= 4 is 11.8 Å². The summed E-state index contributed by atoms with van der Waals surface area (Å²) in [6.07, 6.45) is 7.45. The Morgan fingerprint density at radius 1 is 1.26 bits per heavy atom. The van der Waals surface area contributed by atoms with Gasteiger partial charge in [-0.1, -0.05) is 13.8 Å². The molecule has 2 amide bonds. The number of carbonyl (C=O) groups excluding carboxylic acids is 2. The van der Waals surface area contributed by atoms with Crippen molar-refractivity contribution in [1.29, 1.82) is 0 Å². The minimum atomic E-state index is -0.402. The highest BCUT2D eigenvalue weighted by Crippen LogP contribution is 2.39. The molecule has 0 bridgehead atoms. The highest BCUT2D eigenvalue weighted by Gasteiger charge is 2.42. The van der Waals surface area contributed by atoms with Crippen LogP contribution in [0.4, 0.5) is 0 Å². The van der Waals surface area contributed by atoms with E-state index in [0.717, 1.165) is 45.3 Å². The number of piperidine rings is 2. The van der Waals surface area contributed by atoms with Crippen molar-refractivity contribution in [3.05, 3.63) is 28.9 Å². The van der Waals surface area contributed by atoms with Gasteiger partial charge in [0, 0.05) is 50.4 Å². The molecule has 0 radical (unpaired) electrons. The molecule has 2 saturated heterocycles. The van der Waals surface area contributed by atoms with Gasteiger partial charge in [0.2, 0.25) is 11.8 Å². The third kappa shape index (κ3) is 4.76. The quantitative estimate of drug-likeness (QED) is 0.783. The molecule has 148 valence electrons. The average molecular weight is 374 g/mol. The Kier molecular flexibility index (Phi) is 5.97. The van der Waals surface area contributed by atoms with Crippen molar-refractivity contribution in [3.8, 4) is 0 Å². The van der Waals surface area contributed by atoms with Gasteiger partial charge in [-0.25, -0.2) is 9.78 Å². The highest BCUT2D eigenvalue weighted by atomic mass is 16.2. The zero-order valence-electron chi connectivity index (χ0n) is 16.4. The molecule has 1 aromatic rings. The summed E-state index contributed by atoms with van der Waals surface area (Å²) in [5.41, 5.74) is -0.403. The van der Waals surface area contributed by atoms with E-state index in [-0.39, 0.29) is 23.8 Å². The summed E-state index contributed by atoms with van der Waals surface area (Å²) in [4.78, 5) is 44.5. The predicted molar refractivity (Wildman–Crippen MR) is 102 cm³/mol. The van der Waals surface area contributed by atoms with Gasteiger partial charge >= 0.3 is 5.69 Å². The van der Waals surface area contributed by atoms with Crippen LogP contribution >= 0.6 is 0 Å². The van der Waals surface area contributed by atoms with Crippen LogP contribution in [0.2, 0.25) is 0 Å². The van der Waals surface area contributed by atoms with Gasteiger partial charge in [0.05, 0.1) is 0 Å². The fourth-order valence-electron chi connectivity index (χ4n) is 4.23. The lowest BCUT2D eigenvalue weighted by atomic mass is 9.73. The first kappa shape index (κ1) is 19.6. The van der Waals surface area contributed by atoms with Gasteiger partial charge in [-0.2, -0.15) is 0 Å². The van der Waals surface area contributed by atoms with Crippen molar-refractivity contribution < 1.29 is 9.59 Å². The number of aromatic nitrogens is 2. The molecule has 3 heterocycles. The van der Waals surface area contributed by atoms with Crippen molar-refractivity contribution in [1.82, 2.24) is 19.4 Å². The number of nitrogens with zero attached hydrogens (tertiary/aromatic N) is 4. The van der Waals surface area contributed by atoms with Gasteiger partial charge in [0.1, 0.15) is 6.54 Å². The maximum absolute atomic E-state index is 12.8. The second-order valence-electron chi connectivity index (χ2n) is 8.45. The van der Waals surface area contributed by atoms with E-state index in [2.05, 4.69) is 18.8 Å². The molecule has 1 spiro atoms. The first-order chi connectivity index (χ1) is 12.9. The molecule has 0 N–H and O–H groups in total. The maximum atomic E-state index is 12.8. The Hall–Kier alpha value is -2.18. The van der Waals surface area contributed by atoms with E-state index in [1.807, 2.05) is 9.80 Å². The average Bonchev–Trinajstić information content (AvgIpc) is 2.64.